The summed E-state index contributed by atoms with van der Waals surface area (Å²) in [7, 11) is -3.36. The number of nitrogens with zero attached hydrogens (tertiary/aromatic N) is 1. The molecule has 18 heavy (non-hydrogen) atoms. The van der Waals surface area contributed by atoms with Gasteiger partial charge in [0, 0.05) is 13.1 Å². The first-order valence-electron chi connectivity index (χ1n) is 5.82. The van der Waals surface area contributed by atoms with Gasteiger partial charge in [0.15, 0.2) is 0 Å². The highest BCUT2D eigenvalue weighted by molar-refractivity contribution is 7.92. The van der Waals surface area contributed by atoms with Crippen LogP contribution in [0.2, 0.25) is 0 Å². The molecule has 6 heteroatoms. The molecule has 0 unspecified atom stereocenters. The lowest BCUT2D eigenvalue weighted by molar-refractivity contribution is 0.429. The Balaban J connectivity index is 2.15. The molecule has 0 spiro atoms. The van der Waals surface area contributed by atoms with Crippen molar-refractivity contribution in [3.8, 4) is 0 Å². The molecule has 0 radical (unpaired) electrons. The van der Waals surface area contributed by atoms with Crippen LogP contribution in [-0.2, 0) is 22.9 Å². The fraction of sp³-hybridized carbons (Fsp3) is 0.417. The molecule has 1 aromatic rings. The third-order valence-corrected chi connectivity index (χ3v) is 5.25. The Morgan fingerprint density at radius 1 is 1.22 bits per heavy atom. The maximum absolute atomic E-state index is 12.1. The smallest absolute Gasteiger partial charge is 0.220 e. The second-order valence-corrected chi connectivity index (χ2v) is 6.88. The average molecular weight is 284 g/mol. The number of thiocarbonyl (C=S) groups is 1. The van der Waals surface area contributed by atoms with Gasteiger partial charge in [0.2, 0.25) is 10.0 Å². The van der Waals surface area contributed by atoms with E-state index in [9.17, 15) is 8.42 Å². The number of nitrogens with two attached hydrogens (primary N) is 1. The van der Waals surface area contributed by atoms with E-state index in [0.29, 0.717) is 13.1 Å². The van der Waals surface area contributed by atoms with Crippen molar-refractivity contribution in [1.29, 1.82) is 0 Å². The summed E-state index contributed by atoms with van der Waals surface area (Å²) >= 11 is 4.69. The van der Waals surface area contributed by atoms with Crippen molar-refractivity contribution in [2.24, 2.45) is 5.73 Å². The highest BCUT2D eigenvalue weighted by Gasteiger charge is 2.24. The topological polar surface area (TPSA) is 63.4 Å². The van der Waals surface area contributed by atoms with Crippen LogP contribution in [0.4, 0.5) is 0 Å². The van der Waals surface area contributed by atoms with Gasteiger partial charge in [-0.25, -0.2) is 12.7 Å². The number of benzene rings is 1. The summed E-state index contributed by atoms with van der Waals surface area (Å²) in [6, 6.07) is 8.08. The lowest BCUT2D eigenvalue weighted by Gasteiger charge is -2.19. The highest BCUT2D eigenvalue weighted by atomic mass is 32.2. The largest absolute Gasteiger partial charge is 0.392 e. The number of rotatable bonds is 3. The lowest BCUT2D eigenvalue weighted by Crippen LogP contribution is -2.38. The zero-order valence-corrected chi connectivity index (χ0v) is 11.6. The summed E-state index contributed by atoms with van der Waals surface area (Å²) in [6.45, 7) is 1.00. The van der Waals surface area contributed by atoms with E-state index < -0.39 is 10.0 Å². The van der Waals surface area contributed by atoms with Gasteiger partial charge in [0.05, 0.1) is 4.99 Å². The molecule has 4 nitrogen and oxygen atoms in total. The fourth-order valence-electron chi connectivity index (χ4n) is 2.20. The third-order valence-electron chi connectivity index (χ3n) is 3.10. The minimum absolute atomic E-state index is 0.0248. The van der Waals surface area contributed by atoms with Gasteiger partial charge < -0.3 is 5.73 Å². The van der Waals surface area contributed by atoms with E-state index in [2.05, 4.69) is 24.4 Å². The van der Waals surface area contributed by atoms with Crippen LogP contribution in [0.15, 0.2) is 24.3 Å². The van der Waals surface area contributed by atoms with E-state index in [1.165, 1.54) is 15.4 Å². The molecular formula is C12H16N2O2S2. The first-order chi connectivity index (χ1) is 8.49. The van der Waals surface area contributed by atoms with Crippen molar-refractivity contribution in [3.05, 3.63) is 35.4 Å². The molecule has 98 valence electrons. The number of hydrogen-bond acceptors (Lipinski definition) is 3. The molecule has 0 saturated carbocycles. The van der Waals surface area contributed by atoms with Crippen LogP contribution in [0.3, 0.4) is 0 Å². The molecule has 0 aliphatic carbocycles. The van der Waals surface area contributed by atoms with Crippen LogP contribution in [0.25, 0.3) is 0 Å². The van der Waals surface area contributed by atoms with E-state index in [-0.39, 0.29) is 10.7 Å². The van der Waals surface area contributed by atoms with Gasteiger partial charge in [-0.2, -0.15) is 0 Å². The average Bonchev–Trinajstić information content (AvgIpc) is 2.49. The first kappa shape index (κ1) is 13.5. The molecule has 2 N–H and O–H groups in total. The van der Waals surface area contributed by atoms with Crippen LogP contribution < -0.4 is 5.73 Å². The zero-order chi connectivity index (χ0) is 13.2. The highest BCUT2D eigenvalue weighted by Crippen LogP contribution is 2.17. The van der Waals surface area contributed by atoms with Crippen molar-refractivity contribution in [2.45, 2.75) is 12.8 Å². The number of sulfonamides is 1. The Morgan fingerprint density at radius 2 is 1.72 bits per heavy atom. The second-order valence-electron chi connectivity index (χ2n) is 4.39. The van der Waals surface area contributed by atoms with Gasteiger partial charge in [-0.1, -0.05) is 36.5 Å². The predicted molar refractivity (Wildman–Crippen MR) is 76.0 cm³/mol. The predicted octanol–water partition coefficient (Wildman–Crippen LogP) is 0.703. The summed E-state index contributed by atoms with van der Waals surface area (Å²) in [5, 5.41) is 0. The molecular weight excluding hydrogens is 268 g/mol. The van der Waals surface area contributed by atoms with Gasteiger partial charge in [-0.3, -0.25) is 0 Å². The quantitative estimate of drug-likeness (QED) is 0.830. The van der Waals surface area contributed by atoms with Crippen LogP contribution in [0.5, 0.6) is 0 Å². The van der Waals surface area contributed by atoms with Crippen molar-refractivity contribution in [3.63, 3.8) is 0 Å². The van der Waals surface area contributed by atoms with Crippen molar-refractivity contribution >= 4 is 27.2 Å². The van der Waals surface area contributed by atoms with Crippen LogP contribution in [-0.4, -0.2) is 36.6 Å². The molecule has 0 saturated heterocycles. The molecule has 1 aliphatic heterocycles. The molecule has 2 rings (SSSR count). The second kappa shape index (κ2) is 5.34. The van der Waals surface area contributed by atoms with Crippen molar-refractivity contribution < 1.29 is 8.42 Å². The van der Waals surface area contributed by atoms with Crippen LogP contribution in [0.1, 0.15) is 11.1 Å². The Hall–Kier alpha value is -0.980. The molecule has 0 atom stereocenters. The molecule has 0 aromatic heterocycles. The molecule has 1 aromatic carbocycles. The molecule has 0 fully saturated rings. The number of hydrogen-bond donors (Lipinski definition) is 1. The first-order valence-corrected chi connectivity index (χ1v) is 7.84. The van der Waals surface area contributed by atoms with E-state index in [0.717, 1.165) is 12.8 Å². The van der Waals surface area contributed by atoms with Crippen molar-refractivity contribution in [2.75, 3.05) is 18.8 Å². The SMILES string of the molecule is NC(=S)CS(=O)(=O)N1CCc2ccccc2CC1. The Morgan fingerprint density at radius 3 is 2.17 bits per heavy atom. The molecule has 0 amide bonds. The van der Waals surface area contributed by atoms with Crippen molar-refractivity contribution in [1.82, 2.24) is 4.31 Å². The fourth-order valence-corrected chi connectivity index (χ4v) is 3.92. The van der Waals surface area contributed by atoms with Gasteiger partial charge in [-0.15, -0.1) is 0 Å². The van der Waals surface area contributed by atoms with Gasteiger partial charge in [-0.05, 0) is 24.0 Å². The number of fused-ring (bicyclic) bond motifs is 1. The third kappa shape index (κ3) is 3.07. The Kier molecular flexibility index (Phi) is 3.99. The van der Waals surface area contributed by atoms with Crippen LogP contribution in [0, 0.1) is 0 Å². The van der Waals surface area contributed by atoms with E-state index >= 15 is 0 Å². The van der Waals surface area contributed by atoms with E-state index in [4.69, 9.17) is 5.73 Å². The van der Waals surface area contributed by atoms with Gasteiger partial charge in [0.25, 0.3) is 0 Å². The van der Waals surface area contributed by atoms with Gasteiger partial charge in [0.1, 0.15) is 5.75 Å². The summed E-state index contributed by atoms with van der Waals surface area (Å²) in [5.41, 5.74) is 7.79. The van der Waals surface area contributed by atoms with Gasteiger partial charge >= 0.3 is 0 Å². The summed E-state index contributed by atoms with van der Waals surface area (Å²) < 4.78 is 25.6. The minimum atomic E-state index is -3.36. The maximum atomic E-state index is 12.1. The molecule has 1 aliphatic rings. The summed E-state index contributed by atoms with van der Waals surface area (Å²) in [4.78, 5) is 0.0248. The normalized spacial score (nSPS) is 16.9. The lowest BCUT2D eigenvalue weighted by atomic mass is 10.0. The monoisotopic (exact) mass is 284 g/mol. The standard InChI is InChI=1S/C12H16N2O2S2/c13-12(17)9-18(15,16)14-7-5-10-3-1-2-4-11(10)6-8-14/h1-4H,5-9H2,(H2,13,17). The molecule has 0 bridgehead atoms. The Labute approximate surface area is 113 Å². The van der Waals surface area contributed by atoms with E-state index in [1.807, 2.05) is 12.1 Å². The Bertz CT molecular complexity index is 528. The summed E-state index contributed by atoms with van der Waals surface area (Å²) in [5.74, 6) is -0.237. The van der Waals surface area contributed by atoms with Crippen LogP contribution >= 0.6 is 12.2 Å². The molecule has 1 heterocycles. The minimum Gasteiger partial charge on any atom is -0.392 e. The maximum Gasteiger partial charge on any atom is 0.220 e. The zero-order valence-electron chi connectivity index (χ0n) is 10.0. The van der Waals surface area contributed by atoms with E-state index in [1.54, 1.807) is 0 Å². The summed E-state index contributed by atoms with van der Waals surface area (Å²) in [6.07, 6.45) is 1.49.